The van der Waals surface area contributed by atoms with Crippen molar-refractivity contribution in [1.82, 2.24) is 20.0 Å². The van der Waals surface area contributed by atoms with E-state index in [-0.39, 0.29) is 34.3 Å². The quantitative estimate of drug-likeness (QED) is 0.402. The Labute approximate surface area is 219 Å². The molecule has 37 heavy (non-hydrogen) atoms. The van der Waals surface area contributed by atoms with Crippen LogP contribution in [0.2, 0.25) is 5.02 Å². The van der Waals surface area contributed by atoms with E-state index in [1.807, 2.05) is 6.07 Å². The fourth-order valence-corrected chi connectivity index (χ4v) is 6.69. The van der Waals surface area contributed by atoms with Crippen LogP contribution in [0.5, 0.6) is 0 Å². The first kappa shape index (κ1) is 24.5. The number of carbonyl (C=O) groups is 2. The van der Waals surface area contributed by atoms with E-state index in [1.165, 1.54) is 21.7 Å². The molecule has 4 heterocycles. The molecule has 6 nitrogen and oxygen atoms in total. The lowest BCUT2D eigenvalue weighted by molar-refractivity contribution is -0.138. The number of nitrogens with one attached hydrogen (secondary N) is 1. The highest BCUT2D eigenvalue weighted by Gasteiger charge is 2.44. The number of fused-ring (bicyclic) bond motifs is 3. The summed E-state index contributed by atoms with van der Waals surface area (Å²) < 4.78 is 42.0. The number of alkyl halides is 3. The van der Waals surface area contributed by atoms with Gasteiger partial charge in [-0.3, -0.25) is 19.2 Å². The van der Waals surface area contributed by atoms with Crippen LogP contribution in [0.4, 0.5) is 18.0 Å². The van der Waals surface area contributed by atoms with Gasteiger partial charge < -0.3 is 5.32 Å². The molecule has 192 valence electrons. The maximum Gasteiger partial charge on any atom is 0.416 e. The molecule has 11 heteroatoms. The molecule has 2 amide bonds. The van der Waals surface area contributed by atoms with Crippen molar-refractivity contribution in [2.75, 3.05) is 0 Å². The van der Waals surface area contributed by atoms with Crippen LogP contribution in [-0.4, -0.2) is 44.0 Å². The molecule has 3 aliphatic heterocycles. The van der Waals surface area contributed by atoms with Gasteiger partial charge in [-0.2, -0.15) is 18.3 Å². The lowest BCUT2D eigenvalue weighted by Crippen LogP contribution is -2.49. The number of aromatic nitrogens is 2. The number of amides is 2. The normalized spacial score (nSPS) is 25.1. The SMILES string of the molecule is O=C1SC(=Cc2ccc3c(cnn3Cc3ccc(Cl)cc3C(F)(F)F)c2)C(=O)N1C1CC2CCC(C1)N2. The fraction of sp³-hybridized carbons (Fsp3) is 0.346. The van der Waals surface area contributed by atoms with Gasteiger partial charge in [0.1, 0.15) is 0 Å². The Balaban J connectivity index is 1.24. The Morgan fingerprint density at radius 2 is 1.86 bits per heavy atom. The first-order valence-corrected chi connectivity index (χ1v) is 13.2. The molecule has 2 atom stereocenters. The first-order chi connectivity index (χ1) is 17.7. The zero-order chi connectivity index (χ0) is 25.9. The summed E-state index contributed by atoms with van der Waals surface area (Å²) in [6, 6.07) is 9.69. The Kier molecular flexibility index (Phi) is 6.08. The van der Waals surface area contributed by atoms with E-state index in [0.717, 1.165) is 43.5 Å². The monoisotopic (exact) mass is 546 g/mol. The summed E-state index contributed by atoms with van der Waals surface area (Å²) in [5.74, 6) is -0.264. The van der Waals surface area contributed by atoms with E-state index in [2.05, 4.69) is 10.4 Å². The second-order valence-electron chi connectivity index (χ2n) is 9.73. The van der Waals surface area contributed by atoms with Gasteiger partial charge >= 0.3 is 6.18 Å². The maximum atomic E-state index is 13.5. The maximum absolute atomic E-state index is 13.5. The molecule has 6 rings (SSSR count). The topological polar surface area (TPSA) is 67.2 Å². The fourth-order valence-electron chi connectivity index (χ4n) is 5.62. The van der Waals surface area contributed by atoms with Gasteiger partial charge in [-0.1, -0.05) is 23.7 Å². The number of imide groups is 1. The van der Waals surface area contributed by atoms with Gasteiger partial charge in [0.15, 0.2) is 0 Å². The standard InChI is InChI=1S/C26H22ClF3N4O2S/c27-17-3-2-15(21(9-17)26(28,29)30)13-33-22-6-1-14(7-16(22)12-31-33)8-23-24(35)34(25(36)37-23)20-10-18-4-5-19(11-20)32-18/h1-3,6-9,12,18-20,32H,4-5,10-11,13H2. The van der Waals surface area contributed by atoms with Gasteiger partial charge in [-0.15, -0.1) is 0 Å². The van der Waals surface area contributed by atoms with Crippen LogP contribution in [0.1, 0.15) is 42.4 Å². The first-order valence-electron chi connectivity index (χ1n) is 12.0. The molecular formula is C26H22ClF3N4O2S. The van der Waals surface area contributed by atoms with Crippen LogP contribution < -0.4 is 5.32 Å². The highest BCUT2D eigenvalue weighted by molar-refractivity contribution is 8.18. The Hall–Kier alpha value is -2.82. The lowest BCUT2D eigenvalue weighted by Gasteiger charge is -2.33. The third kappa shape index (κ3) is 4.66. The molecule has 1 N–H and O–H groups in total. The number of thioether (sulfide) groups is 1. The Morgan fingerprint density at radius 1 is 1.11 bits per heavy atom. The Bertz CT molecular complexity index is 1440. The molecular weight excluding hydrogens is 525 g/mol. The highest BCUT2D eigenvalue weighted by Crippen LogP contribution is 2.39. The minimum Gasteiger partial charge on any atom is -0.311 e. The largest absolute Gasteiger partial charge is 0.416 e. The van der Waals surface area contributed by atoms with Crippen molar-refractivity contribution in [3.63, 3.8) is 0 Å². The number of rotatable bonds is 4. The van der Waals surface area contributed by atoms with Crippen molar-refractivity contribution >= 4 is 51.5 Å². The van der Waals surface area contributed by atoms with Crippen molar-refractivity contribution in [2.24, 2.45) is 0 Å². The highest BCUT2D eigenvalue weighted by atomic mass is 35.5. The van der Waals surface area contributed by atoms with Crippen LogP contribution in [0.3, 0.4) is 0 Å². The van der Waals surface area contributed by atoms with E-state index in [9.17, 15) is 22.8 Å². The second kappa shape index (κ2) is 9.18. The number of carbonyl (C=O) groups excluding carboxylic acids is 2. The predicted octanol–water partition coefficient (Wildman–Crippen LogP) is 6.08. The zero-order valence-corrected chi connectivity index (χ0v) is 21.0. The summed E-state index contributed by atoms with van der Waals surface area (Å²) in [5.41, 5.74) is 0.632. The molecule has 0 saturated carbocycles. The molecule has 3 fully saturated rings. The Morgan fingerprint density at radius 3 is 2.59 bits per heavy atom. The molecule has 3 aliphatic rings. The summed E-state index contributed by atoms with van der Waals surface area (Å²) in [6.07, 6.45) is 2.47. The van der Waals surface area contributed by atoms with Crippen LogP contribution in [0.15, 0.2) is 47.5 Å². The molecule has 0 aliphatic carbocycles. The van der Waals surface area contributed by atoms with E-state index >= 15 is 0 Å². The summed E-state index contributed by atoms with van der Waals surface area (Å²) in [5, 5.41) is 8.31. The van der Waals surface area contributed by atoms with Crippen LogP contribution in [0.25, 0.3) is 17.0 Å². The minimum atomic E-state index is -4.53. The summed E-state index contributed by atoms with van der Waals surface area (Å²) in [7, 11) is 0. The average molecular weight is 547 g/mol. The van der Waals surface area contributed by atoms with Crippen molar-refractivity contribution in [3.05, 3.63) is 69.2 Å². The van der Waals surface area contributed by atoms with Gasteiger partial charge in [-0.25, -0.2) is 0 Å². The zero-order valence-electron chi connectivity index (χ0n) is 19.5. The lowest BCUT2D eigenvalue weighted by atomic mass is 9.98. The van der Waals surface area contributed by atoms with Gasteiger partial charge in [0, 0.05) is 28.5 Å². The van der Waals surface area contributed by atoms with E-state index in [1.54, 1.807) is 24.4 Å². The van der Waals surface area contributed by atoms with Crippen LogP contribution in [0, 0.1) is 0 Å². The van der Waals surface area contributed by atoms with Gasteiger partial charge in [-0.05, 0) is 78.9 Å². The number of piperidine rings is 1. The van der Waals surface area contributed by atoms with Gasteiger partial charge in [0.25, 0.3) is 11.1 Å². The smallest absolute Gasteiger partial charge is 0.311 e. The number of hydrogen-bond donors (Lipinski definition) is 1. The molecule has 1 aromatic heterocycles. The van der Waals surface area contributed by atoms with Gasteiger partial charge in [0.2, 0.25) is 0 Å². The summed E-state index contributed by atoms with van der Waals surface area (Å²) in [4.78, 5) is 27.7. The summed E-state index contributed by atoms with van der Waals surface area (Å²) in [6.45, 7) is -0.0774. The van der Waals surface area contributed by atoms with Crippen LogP contribution in [-0.2, 0) is 17.5 Å². The molecule has 2 unspecified atom stereocenters. The van der Waals surface area contributed by atoms with E-state index in [0.29, 0.717) is 33.5 Å². The molecule has 3 aromatic rings. The molecule has 0 radical (unpaired) electrons. The molecule has 3 saturated heterocycles. The third-order valence-electron chi connectivity index (χ3n) is 7.30. The van der Waals surface area contributed by atoms with Gasteiger partial charge in [0.05, 0.1) is 28.7 Å². The van der Waals surface area contributed by atoms with E-state index < -0.39 is 11.7 Å². The third-order valence-corrected chi connectivity index (χ3v) is 8.42. The predicted molar refractivity (Wildman–Crippen MR) is 136 cm³/mol. The number of hydrogen-bond acceptors (Lipinski definition) is 5. The van der Waals surface area contributed by atoms with Crippen molar-refractivity contribution in [2.45, 2.75) is 56.5 Å². The average Bonchev–Trinajstić information content (AvgIpc) is 3.49. The van der Waals surface area contributed by atoms with Crippen molar-refractivity contribution < 1.29 is 22.8 Å². The van der Waals surface area contributed by atoms with E-state index in [4.69, 9.17) is 11.6 Å². The minimum absolute atomic E-state index is 0.0166. The number of halogens is 4. The van der Waals surface area contributed by atoms with Crippen LogP contribution >= 0.6 is 23.4 Å². The number of benzene rings is 2. The number of nitrogens with zero attached hydrogens (tertiary/aromatic N) is 3. The molecule has 0 spiro atoms. The molecule has 2 aromatic carbocycles. The second-order valence-corrected chi connectivity index (χ2v) is 11.2. The van der Waals surface area contributed by atoms with Crippen molar-refractivity contribution in [3.8, 4) is 0 Å². The molecule has 2 bridgehead atoms. The summed E-state index contributed by atoms with van der Waals surface area (Å²) >= 11 is 6.74. The van der Waals surface area contributed by atoms with Crippen molar-refractivity contribution in [1.29, 1.82) is 0 Å².